The van der Waals surface area contributed by atoms with E-state index >= 15 is 0 Å². The molecule has 0 heterocycles. The molecule has 0 saturated carbocycles. The Balaban J connectivity index is 1.72. The molecule has 30 heavy (non-hydrogen) atoms. The maximum Gasteiger partial charge on any atom is 0.251 e. The van der Waals surface area contributed by atoms with Crippen molar-refractivity contribution in [2.45, 2.75) is 20.4 Å². The maximum atomic E-state index is 12.5. The van der Waals surface area contributed by atoms with Crippen molar-refractivity contribution in [1.82, 2.24) is 10.6 Å². The summed E-state index contributed by atoms with van der Waals surface area (Å²) in [7, 11) is 1.62. The second-order valence-corrected chi connectivity index (χ2v) is 7.00. The Labute approximate surface area is 177 Å². The molecule has 3 aromatic rings. The van der Waals surface area contributed by atoms with Crippen LogP contribution in [0, 0.1) is 6.92 Å². The van der Waals surface area contributed by atoms with Gasteiger partial charge < -0.3 is 15.4 Å². The fraction of sp³-hybridized carbons (Fsp3) is 0.200. The molecule has 0 aromatic heterocycles. The highest BCUT2D eigenvalue weighted by molar-refractivity contribution is 5.96. The lowest BCUT2D eigenvalue weighted by molar-refractivity contribution is 0.0945. The van der Waals surface area contributed by atoms with E-state index in [9.17, 15) is 9.59 Å². The molecular weight excluding hydrogens is 376 g/mol. The second-order valence-electron chi connectivity index (χ2n) is 7.00. The third kappa shape index (κ3) is 5.06. The zero-order valence-corrected chi connectivity index (χ0v) is 17.5. The lowest BCUT2D eigenvalue weighted by Gasteiger charge is -2.11. The van der Waals surface area contributed by atoms with E-state index in [1.165, 1.54) is 0 Å². The first-order valence-electron chi connectivity index (χ1n) is 9.92. The van der Waals surface area contributed by atoms with Gasteiger partial charge in [-0.1, -0.05) is 30.3 Å². The van der Waals surface area contributed by atoms with E-state index < -0.39 is 0 Å². The van der Waals surface area contributed by atoms with Crippen LogP contribution >= 0.6 is 0 Å². The Morgan fingerprint density at radius 3 is 2.27 bits per heavy atom. The molecule has 0 unspecified atom stereocenters. The highest BCUT2D eigenvalue weighted by Gasteiger charge is 2.10. The number of ether oxygens (including phenoxy) is 1. The smallest absolute Gasteiger partial charge is 0.251 e. The van der Waals surface area contributed by atoms with Gasteiger partial charge in [0.2, 0.25) is 0 Å². The van der Waals surface area contributed by atoms with E-state index in [-0.39, 0.29) is 11.8 Å². The SMILES string of the molecule is CCNC(=O)c1ccc(C)c(-c2ccc(C(=O)NCc3cccc(OC)c3)cc2)c1. The molecule has 0 aliphatic rings. The monoisotopic (exact) mass is 402 g/mol. The Hall–Kier alpha value is -3.60. The van der Waals surface area contributed by atoms with Crippen molar-refractivity contribution in [2.24, 2.45) is 0 Å². The first-order chi connectivity index (χ1) is 14.5. The van der Waals surface area contributed by atoms with Gasteiger partial charge in [0.1, 0.15) is 5.75 Å². The van der Waals surface area contributed by atoms with Crippen molar-refractivity contribution in [3.8, 4) is 16.9 Å². The summed E-state index contributed by atoms with van der Waals surface area (Å²) in [6, 6.07) is 20.7. The lowest BCUT2D eigenvalue weighted by atomic mass is 9.97. The van der Waals surface area contributed by atoms with Crippen molar-refractivity contribution in [3.63, 3.8) is 0 Å². The van der Waals surface area contributed by atoms with Gasteiger partial charge in [0, 0.05) is 24.2 Å². The van der Waals surface area contributed by atoms with Gasteiger partial charge in [-0.3, -0.25) is 9.59 Å². The van der Waals surface area contributed by atoms with Crippen molar-refractivity contribution in [1.29, 1.82) is 0 Å². The average Bonchev–Trinajstić information content (AvgIpc) is 2.78. The summed E-state index contributed by atoms with van der Waals surface area (Å²) in [4.78, 5) is 24.6. The van der Waals surface area contributed by atoms with Crippen LogP contribution in [0.15, 0.2) is 66.7 Å². The first kappa shape index (κ1) is 21.1. The van der Waals surface area contributed by atoms with Gasteiger partial charge in [0.15, 0.2) is 0 Å². The summed E-state index contributed by atoms with van der Waals surface area (Å²) in [5.74, 6) is 0.528. The van der Waals surface area contributed by atoms with Crippen molar-refractivity contribution in [2.75, 3.05) is 13.7 Å². The minimum absolute atomic E-state index is 0.0905. The number of methoxy groups -OCH3 is 1. The number of hydrogen-bond donors (Lipinski definition) is 2. The highest BCUT2D eigenvalue weighted by atomic mass is 16.5. The summed E-state index contributed by atoms with van der Waals surface area (Å²) < 4.78 is 5.21. The number of amides is 2. The summed E-state index contributed by atoms with van der Waals surface area (Å²) in [6.45, 7) is 4.91. The number of hydrogen-bond acceptors (Lipinski definition) is 3. The Kier molecular flexibility index (Phi) is 6.86. The molecule has 2 N–H and O–H groups in total. The van der Waals surface area contributed by atoms with E-state index in [1.807, 2.05) is 68.4 Å². The molecule has 2 amide bonds. The molecule has 0 radical (unpaired) electrons. The maximum absolute atomic E-state index is 12.5. The Morgan fingerprint density at radius 2 is 1.57 bits per heavy atom. The normalized spacial score (nSPS) is 10.4. The van der Waals surface area contributed by atoms with E-state index in [1.54, 1.807) is 19.2 Å². The molecule has 0 aliphatic carbocycles. The third-order valence-corrected chi connectivity index (χ3v) is 4.88. The molecule has 3 rings (SSSR count). The predicted molar refractivity (Wildman–Crippen MR) is 119 cm³/mol. The molecule has 154 valence electrons. The zero-order valence-electron chi connectivity index (χ0n) is 17.5. The number of benzene rings is 3. The summed E-state index contributed by atoms with van der Waals surface area (Å²) >= 11 is 0. The average molecular weight is 402 g/mol. The number of aryl methyl sites for hydroxylation is 1. The van der Waals surface area contributed by atoms with Crippen LogP contribution in [0.3, 0.4) is 0 Å². The molecule has 0 saturated heterocycles. The van der Waals surface area contributed by atoms with Gasteiger partial charge >= 0.3 is 0 Å². The van der Waals surface area contributed by atoms with Crippen LogP contribution in [-0.4, -0.2) is 25.5 Å². The van der Waals surface area contributed by atoms with Gasteiger partial charge in [-0.25, -0.2) is 0 Å². The Bertz CT molecular complexity index is 1040. The minimum atomic E-state index is -0.142. The second kappa shape index (κ2) is 9.74. The lowest BCUT2D eigenvalue weighted by Crippen LogP contribution is -2.22. The van der Waals surface area contributed by atoms with Gasteiger partial charge in [0.05, 0.1) is 7.11 Å². The number of carbonyl (C=O) groups excluding carboxylic acids is 2. The van der Waals surface area contributed by atoms with Crippen LogP contribution in [0.4, 0.5) is 0 Å². The molecule has 5 heteroatoms. The molecule has 0 fully saturated rings. The molecule has 0 bridgehead atoms. The van der Waals surface area contributed by atoms with Crippen LogP contribution in [0.2, 0.25) is 0 Å². The number of carbonyl (C=O) groups is 2. The van der Waals surface area contributed by atoms with Crippen LogP contribution < -0.4 is 15.4 Å². The fourth-order valence-electron chi connectivity index (χ4n) is 3.20. The minimum Gasteiger partial charge on any atom is -0.497 e. The summed E-state index contributed by atoms with van der Waals surface area (Å²) in [6.07, 6.45) is 0. The molecule has 3 aromatic carbocycles. The molecule has 0 spiro atoms. The van der Waals surface area contributed by atoms with Crippen LogP contribution in [0.5, 0.6) is 5.75 Å². The highest BCUT2D eigenvalue weighted by Crippen LogP contribution is 2.25. The largest absolute Gasteiger partial charge is 0.497 e. The van der Waals surface area contributed by atoms with E-state index in [0.717, 1.165) is 28.0 Å². The van der Waals surface area contributed by atoms with Crippen LogP contribution in [0.25, 0.3) is 11.1 Å². The Morgan fingerprint density at radius 1 is 0.867 bits per heavy atom. The van der Waals surface area contributed by atoms with Crippen molar-refractivity contribution < 1.29 is 14.3 Å². The van der Waals surface area contributed by atoms with Crippen LogP contribution in [-0.2, 0) is 6.54 Å². The fourth-order valence-corrected chi connectivity index (χ4v) is 3.20. The predicted octanol–water partition coefficient (Wildman–Crippen LogP) is 4.35. The summed E-state index contributed by atoms with van der Waals surface area (Å²) in [5.41, 5.74) is 5.18. The van der Waals surface area contributed by atoms with Crippen molar-refractivity contribution >= 4 is 11.8 Å². The molecule has 0 atom stereocenters. The molecule has 5 nitrogen and oxygen atoms in total. The number of nitrogens with one attached hydrogen (secondary N) is 2. The van der Waals surface area contributed by atoms with Gasteiger partial charge in [0.25, 0.3) is 11.8 Å². The zero-order chi connectivity index (χ0) is 21.5. The topological polar surface area (TPSA) is 67.4 Å². The van der Waals surface area contributed by atoms with E-state index in [0.29, 0.717) is 24.2 Å². The van der Waals surface area contributed by atoms with Gasteiger partial charge in [-0.15, -0.1) is 0 Å². The molecule has 0 aliphatic heterocycles. The van der Waals surface area contributed by atoms with Crippen LogP contribution in [0.1, 0.15) is 38.8 Å². The summed E-state index contributed by atoms with van der Waals surface area (Å²) in [5, 5.41) is 5.75. The van der Waals surface area contributed by atoms with E-state index in [2.05, 4.69) is 10.6 Å². The molecular formula is C25H26N2O3. The van der Waals surface area contributed by atoms with Crippen molar-refractivity contribution in [3.05, 3.63) is 89.0 Å². The first-order valence-corrected chi connectivity index (χ1v) is 9.92. The standard InChI is InChI=1S/C25H26N2O3/c1-4-26-25(29)21-9-8-17(2)23(15-21)19-10-12-20(13-11-19)24(28)27-16-18-6-5-7-22(14-18)30-3/h5-15H,4,16H2,1-3H3,(H,26,29)(H,27,28). The number of rotatable bonds is 7. The quantitative estimate of drug-likeness (QED) is 0.617. The van der Waals surface area contributed by atoms with E-state index in [4.69, 9.17) is 4.74 Å². The van der Waals surface area contributed by atoms with Gasteiger partial charge in [-0.05, 0) is 72.5 Å². The third-order valence-electron chi connectivity index (χ3n) is 4.88. The van der Waals surface area contributed by atoms with Gasteiger partial charge in [-0.2, -0.15) is 0 Å².